The van der Waals surface area contributed by atoms with E-state index in [2.05, 4.69) is 18.0 Å². The Balaban J connectivity index is 0.00000196. The van der Waals surface area contributed by atoms with Crippen LogP contribution in [-0.2, 0) is 12.8 Å². The summed E-state index contributed by atoms with van der Waals surface area (Å²) in [6, 6.07) is 8.24. The zero-order valence-corrected chi connectivity index (χ0v) is 15.9. The van der Waals surface area contributed by atoms with Crippen LogP contribution in [0.4, 0.5) is 0 Å². The van der Waals surface area contributed by atoms with Crippen LogP contribution in [0.25, 0.3) is 11.1 Å². The molecule has 0 aromatic heterocycles. The lowest BCUT2D eigenvalue weighted by Crippen LogP contribution is -2.34. The average molecular weight is 374 g/mol. The molecule has 1 heterocycles. The number of benzene rings is 2. The summed E-state index contributed by atoms with van der Waals surface area (Å²) < 4.78 is 11.6. The molecule has 2 aromatic rings. The van der Waals surface area contributed by atoms with Gasteiger partial charge in [-0.25, -0.2) is 0 Å². The number of halogens is 1. The number of hydrogen-bond donors (Lipinski definition) is 2. The molecule has 5 heteroatoms. The Morgan fingerprint density at radius 2 is 2.12 bits per heavy atom. The number of nitrogens with one attached hydrogen (secondary N) is 1. The van der Waals surface area contributed by atoms with Crippen molar-refractivity contribution in [3.05, 3.63) is 53.1 Å². The van der Waals surface area contributed by atoms with Crippen molar-refractivity contribution in [1.29, 1.82) is 0 Å². The number of methoxy groups -OCH3 is 1. The van der Waals surface area contributed by atoms with E-state index in [9.17, 15) is 5.11 Å². The quantitative estimate of drug-likeness (QED) is 0.789. The number of aromatic hydroxyl groups is 1. The van der Waals surface area contributed by atoms with Crippen LogP contribution >= 0.6 is 12.4 Å². The van der Waals surface area contributed by atoms with Gasteiger partial charge in [0.2, 0.25) is 0 Å². The highest BCUT2D eigenvalue weighted by Gasteiger charge is 2.34. The summed E-state index contributed by atoms with van der Waals surface area (Å²) in [4.78, 5) is 0. The Bertz CT molecular complexity index is 863. The van der Waals surface area contributed by atoms with Crippen molar-refractivity contribution in [1.82, 2.24) is 5.32 Å². The third-order valence-corrected chi connectivity index (χ3v) is 4.98. The van der Waals surface area contributed by atoms with Gasteiger partial charge in [0.25, 0.3) is 0 Å². The molecule has 1 aliphatic heterocycles. The standard InChI is InChI=1S/C21H23NO3.ClH/c1-12(2)11-25-17-6-4-5-13-9-15-18-14(7-8-22-15)10-16(23)21(24-3)20(18)19(13)17;/h4-6,10,15,22-23H,1,7-9,11H2,2-3H3;1H. The lowest BCUT2D eigenvalue weighted by Gasteiger charge is -2.36. The number of hydrogen-bond acceptors (Lipinski definition) is 4. The predicted octanol–water partition coefficient (Wildman–Crippen LogP) is 4.19. The van der Waals surface area contributed by atoms with Gasteiger partial charge in [-0.1, -0.05) is 18.7 Å². The van der Waals surface area contributed by atoms with E-state index in [4.69, 9.17) is 9.47 Å². The predicted molar refractivity (Wildman–Crippen MR) is 106 cm³/mol. The molecule has 1 unspecified atom stereocenters. The van der Waals surface area contributed by atoms with Crippen LogP contribution < -0.4 is 14.8 Å². The molecule has 0 bridgehead atoms. The van der Waals surface area contributed by atoms with Crippen molar-refractivity contribution in [3.63, 3.8) is 0 Å². The van der Waals surface area contributed by atoms with Crippen molar-refractivity contribution >= 4 is 12.4 Å². The highest BCUT2D eigenvalue weighted by atomic mass is 35.5. The molecular weight excluding hydrogens is 350 g/mol. The van der Waals surface area contributed by atoms with Gasteiger partial charge >= 0.3 is 0 Å². The summed E-state index contributed by atoms with van der Waals surface area (Å²) in [5.74, 6) is 1.54. The smallest absolute Gasteiger partial charge is 0.168 e. The third kappa shape index (κ3) is 2.93. The number of rotatable bonds is 4. The summed E-state index contributed by atoms with van der Waals surface area (Å²) >= 11 is 0. The first-order chi connectivity index (χ1) is 12.1. The second-order valence-electron chi connectivity index (χ2n) is 6.87. The van der Waals surface area contributed by atoms with Crippen molar-refractivity contribution in [3.8, 4) is 28.4 Å². The van der Waals surface area contributed by atoms with Gasteiger partial charge in [-0.05, 0) is 60.7 Å². The number of ether oxygens (including phenoxy) is 2. The molecule has 0 saturated carbocycles. The average Bonchev–Trinajstić information content (AvgIpc) is 2.59. The highest BCUT2D eigenvalue weighted by molar-refractivity contribution is 5.87. The zero-order chi connectivity index (χ0) is 17.6. The summed E-state index contributed by atoms with van der Waals surface area (Å²) in [5, 5.41) is 14.1. The fraction of sp³-hybridized carbons (Fsp3) is 0.333. The number of phenolic OH excluding ortho intramolecular Hbond substituents is 1. The molecule has 1 atom stereocenters. The highest BCUT2D eigenvalue weighted by Crippen LogP contribution is 2.52. The maximum atomic E-state index is 10.5. The molecule has 1 aliphatic carbocycles. The van der Waals surface area contributed by atoms with Crippen molar-refractivity contribution in [2.45, 2.75) is 25.8 Å². The van der Waals surface area contributed by atoms with E-state index in [1.165, 1.54) is 16.7 Å². The van der Waals surface area contributed by atoms with E-state index in [-0.39, 0.29) is 24.2 Å². The number of fused-ring (bicyclic) bond motifs is 2. The monoisotopic (exact) mass is 373 g/mol. The minimum Gasteiger partial charge on any atom is -0.504 e. The van der Waals surface area contributed by atoms with Crippen LogP contribution in [0.15, 0.2) is 36.4 Å². The van der Waals surface area contributed by atoms with E-state index < -0.39 is 0 Å². The fourth-order valence-corrected chi connectivity index (χ4v) is 4.01. The molecule has 4 nitrogen and oxygen atoms in total. The molecule has 0 fully saturated rings. The molecule has 0 spiro atoms. The minimum absolute atomic E-state index is 0. The molecule has 2 aliphatic rings. The first kappa shape index (κ1) is 18.6. The van der Waals surface area contributed by atoms with Crippen LogP contribution in [0, 0.1) is 0 Å². The van der Waals surface area contributed by atoms with Gasteiger partial charge in [-0.3, -0.25) is 0 Å². The van der Waals surface area contributed by atoms with Crippen molar-refractivity contribution < 1.29 is 14.6 Å². The molecule has 138 valence electrons. The number of phenols is 1. The summed E-state index contributed by atoms with van der Waals surface area (Å²) in [6.45, 7) is 7.27. The topological polar surface area (TPSA) is 50.7 Å². The zero-order valence-electron chi connectivity index (χ0n) is 15.1. The molecule has 4 rings (SSSR count). The van der Waals surface area contributed by atoms with E-state index >= 15 is 0 Å². The second-order valence-corrected chi connectivity index (χ2v) is 6.87. The maximum Gasteiger partial charge on any atom is 0.168 e. The Morgan fingerprint density at radius 3 is 2.85 bits per heavy atom. The van der Waals surface area contributed by atoms with Crippen LogP contribution in [0.5, 0.6) is 17.2 Å². The summed E-state index contributed by atoms with van der Waals surface area (Å²) in [5.41, 5.74) is 6.61. The molecule has 0 saturated heterocycles. The van der Waals surface area contributed by atoms with E-state index in [1.54, 1.807) is 7.11 Å². The van der Waals surface area contributed by atoms with E-state index in [1.807, 2.05) is 25.1 Å². The SMILES string of the molecule is C=C(C)COc1cccc2c1-c1c(OC)c(O)cc3c1C(C2)NCC3.Cl. The lowest BCUT2D eigenvalue weighted by atomic mass is 9.77. The third-order valence-electron chi connectivity index (χ3n) is 4.98. The lowest BCUT2D eigenvalue weighted by molar-refractivity contribution is 0.351. The molecule has 2 N–H and O–H groups in total. The second kappa shape index (κ2) is 7.22. The minimum atomic E-state index is 0. The fourth-order valence-electron chi connectivity index (χ4n) is 4.01. The van der Waals surface area contributed by atoms with Gasteiger partial charge in [-0.15, -0.1) is 12.4 Å². The van der Waals surface area contributed by atoms with E-state index in [0.29, 0.717) is 12.4 Å². The van der Waals surface area contributed by atoms with Crippen molar-refractivity contribution in [2.75, 3.05) is 20.3 Å². The first-order valence-electron chi connectivity index (χ1n) is 8.65. The molecule has 26 heavy (non-hydrogen) atoms. The summed E-state index contributed by atoms with van der Waals surface area (Å²) in [6.07, 6.45) is 1.81. The van der Waals surface area contributed by atoms with E-state index in [0.717, 1.165) is 41.8 Å². The Labute approximate surface area is 160 Å². The van der Waals surface area contributed by atoms with Crippen LogP contribution in [0.3, 0.4) is 0 Å². The van der Waals surface area contributed by atoms with Gasteiger partial charge in [-0.2, -0.15) is 0 Å². The maximum absolute atomic E-state index is 10.5. The van der Waals surface area contributed by atoms with Crippen molar-refractivity contribution in [2.24, 2.45) is 0 Å². The Kier molecular flexibility index (Phi) is 5.17. The van der Waals surface area contributed by atoms with Gasteiger partial charge in [0.05, 0.1) is 7.11 Å². The van der Waals surface area contributed by atoms with Gasteiger partial charge in [0.15, 0.2) is 11.5 Å². The van der Waals surface area contributed by atoms with Gasteiger partial charge < -0.3 is 19.9 Å². The molecule has 2 aromatic carbocycles. The normalized spacial score (nSPS) is 16.8. The summed E-state index contributed by atoms with van der Waals surface area (Å²) in [7, 11) is 1.61. The molecule has 0 amide bonds. The Hall–Kier alpha value is -2.17. The van der Waals surface area contributed by atoms with Crippen LogP contribution in [0.2, 0.25) is 0 Å². The largest absolute Gasteiger partial charge is 0.504 e. The van der Waals surface area contributed by atoms with Crippen LogP contribution in [-0.4, -0.2) is 25.4 Å². The van der Waals surface area contributed by atoms with Crippen LogP contribution in [0.1, 0.15) is 29.7 Å². The Morgan fingerprint density at radius 1 is 1.31 bits per heavy atom. The van der Waals surface area contributed by atoms with Gasteiger partial charge in [0.1, 0.15) is 12.4 Å². The molecule has 0 radical (unpaired) electrons. The first-order valence-corrected chi connectivity index (χ1v) is 8.65. The molecular formula is C21H24ClNO3. The van der Waals surface area contributed by atoms with Gasteiger partial charge in [0, 0.05) is 17.2 Å².